The number of carbonyl (C=O) groups is 1. The van der Waals surface area contributed by atoms with Crippen LogP contribution >= 0.6 is 0 Å². The van der Waals surface area contributed by atoms with Gasteiger partial charge in [-0.15, -0.1) is 5.92 Å². The molecule has 0 fully saturated rings. The molecule has 0 aliphatic carbocycles. The number of hydrogen-bond donors (Lipinski definition) is 2. The highest BCUT2D eigenvalue weighted by molar-refractivity contribution is 5.83. The normalized spacial score (nSPS) is 13.0. The average Bonchev–Trinajstić information content (AvgIpc) is 3.34. The summed E-state index contributed by atoms with van der Waals surface area (Å²) in [6, 6.07) is 18.2. The van der Waals surface area contributed by atoms with Gasteiger partial charge in [-0.2, -0.15) is 13.2 Å². The Kier molecular flexibility index (Phi) is 7.58. The summed E-state index contributed by atoms with van der Waals surface area (Å²) < 4.78 is 45.5. The second kappa shape index (κ2) is 10.8. The third kappa shape index (κ3) is 6.15. The number of ether oxygens (including phenoxy) is 1. The zero-order valence-electron chi connectivity index (χ0n) is 20.4. The van der Waals surface area contributed by atoms with E-state index in [4.69, 9.17) is 4.74 Å². The Morgan fingerprint density at radius 3 is 2.35 bits per heavy atom. The number of fused-ring (bicyclic) bond motifs is 1. The zero-order chi connectivity index (χ0) is 26.6. The Bertz CT molecular complexity index is 1440. The molecule has 0 aliphatic rings. The van der Waals surface area contributed by atoms with Crippen LogP contribution in [0.2, 0.25) is 0 Å². The first kappa shape index (κ1) is 25.9. The molecule has 0 amide bonds. The molecule has 0 spiro atoms. The van der Waals surface area contributed by atoms with E-state index in [1.807, 2.05) is 31.3 Å². The summed E-state index contributed by atoms with van der Waals surface area (Å²) in [4.78, 5) is 14.5. The first-order valence-corrected chi connectivity index (χ1v) is 11.8. The van der Waals surface area contributed by atoms with Crippen LogP contribution in [0.5, 0.6) is 5.75 Å². The van der Waals surface area contributed by atoms with Crippen molar-refractivity contribution in [2.75, 3.05) is 0 Å². The van der Waals surface area contributed by atoms with Crippen LogP contribution in [0.4, 0.5) is 13.2 Å². The smallest absolute Gasteiger partial charge is 0.416 e. The lowest BCUT2D eigenvalue weighted by Crippen LogP contribution is -2.13. The minimum Gasteiger partial charge on any atom is -0.485 e. The van der Waals surface area contributed by atoms with Gasteiger partial charge in [0, 0.05) is 18.1 Å². The summed E-state index contributed by atoms with van der Waals surface area (Å²) in [6.07, 6.45) is -2.76. The van der Waals surface area contributed by atoms with Crippen LogP contribution in [-0.2, 0) is 17.4 Å². The Hall–Kier alpha value is -4.18. The predicted molar refractivity (Wildman–Crippen MR) is 136 cm³/mol. The minimum absolute atomic E-state index is 0.104. The van der Waals surface area contributed by atoms with Gasteiger partial charge in [-0.05, 0) is 71.8 Å². The van der Waals surface area contributed by atoms with Crippen molar-refractivity contribution in [3.8, 4) is 17.6 Å². The van der Waals surface area contributed by atoms with Crippen molar-refractivity contribution in [3.63, 3.8) is 0 Å². The lowest BCUT2D eigenvalue weighted by atomic mass is 9.95. The fourth-order valence-electron chi connectivity index (χ4n) is 4.45. The van der Waals surface area contributed by atoms with E-state index in [2.05, 4.69) is 16.8 Å². The molecule has 3 aromatic carbocycles. The summed E-state index contributed by atoms with van der Waals surface area (Å²) in [5.74, 6) is 4.91. The molecule has 4 aromatic rings. The number of H-pyrrole nitrogens is 1. The maximum absolute atomic E-state index is 13.0. The van der Waals surface area contributed by atoms with Crippen LogP contribution in [-0.4, -0.2) is 16.1 Å². The van der Waals surface area contributed by atoms with Crippen molar-refractivity contribution in [1.29, 1.82) is 0 Å². The van der Waals surface area contributed by atoms with Crippen LogP contribution in [0.1, 0.15) is 53.2 Å². The van der Waals surface area contributed by atoms with Crippen molar-refractivity contribution >= 4 is 16.9 Å². The van der Waals surface area contributed by atoms with Crippen LogP contribution in [0, 0.1) is 18.8 Å². The van der Waals surface area contributed by atoms with Gasteiger partial charge in [0.2, 0.25) is 0 Å². The number of carboxylic acid groups (broad SMARTS) is 1. The molecule has 0 radical (unpaired) electrons. The second-order valence-electron chi connectivity index (χ2n) is 8.84. The van der Waals surface area contributed by atoms with Gasteiger partial charge >= 0.3 is 12.1 Å². The molecule has 7 heteroatoms. The largest absolute Gasteiger partial charge is 0.485 e. The maximum atomic E-state index is 13.0. The molecule has 0 aliphatic heterocycles. The van der Waals surface area contributed by atoms with E-state index in [-0.39, 0.29) is 6.42 Å². The number of halogens is 3. The van der Waals surface area contributed by atoms with Gasteiger partial charge in [-0.1, -0.05) is 42.3 Å². The van der Waals surface area contributed by atoms with E-state index in [9.17, 15) is 23.1 Å². The van der Waals surface area contributed by atoms with Crippen molar-refractivity contribution in [1.82, 2.24) is 4.98 Å². The zero-order valence-corrected chi connectivity index (χ0v) is 20.4. The molecule has 0 bridgehead atoms. The molecular formula is C30H26F3NO3. The lowest BCUT2D eigenvalue weighted by Gasteiger charge is -2.23. The van der Waals surface area contributed by atoms with Crippen LogP contribution < -0.4 is 4.74 Å². The van der Waals surface area contributed by atoms with E-state index in [0.717, 1.165) is 39.7 Å². The summed E-state index contributed by atoms with van der Waals surface area (Å²) in [5.41, 5.74) is 3.67. The number of nitrogens with one attached hydrogen (secondary N) is 1. The molecular weight excluding hydrogens is 479 g/mol. The molecule has 2 atom stereocenters. The average molecular weight is 506 g/mol. The van der Waals surface area contributed by atoms with E-state index in [1.54, 1.807) is 31.2 Å². The van der Waals surface area contributed by atoms with Crippen LogP contribution in [0.3, 0.4) is 0 Å². The summed E-state index contributed by atoms with van der Waals surface area (Å²) >= 11 is 0. The van der Waals surface area contributed by atoms with Crippen LogP contribution in [0.25, 0.3) is 10.9 Å². The van der Waals surface area contributed by atoms with Gasteiger partial charge < -0.3 is 14.8 Å². The number of alkyl halides is 3. The molecule has 1 unspecified atom stereocenters. The minimum atomic E-state index is -4.40. The lowest BCUT2D eigenvalue weighted by molar-refractivity contribution is -0.138. The number of aromatic amines is 1. The first-order valence-electron chi connectivity index (χ1n) is 11.8. The Balaban J connectivity index is 1.65. The molecule has 0 saturated carbocycles. The topological polar surface area (TPSA) is 62.3 Å². The summed E-state index contributed by atoms with van der Waals surface area (Å²) in [6.45, 7) is 3.65. The number of benzene rings is 3. The van der Waals surface area contributed by atoms with Crippen LogP contribution in [0.15, 0.2) is 72.9 Å². The quantitative estimate of drug-likeness (QED) is 0.245. The Morgan fingerprint density at radius 2 is 1.73 bits per heavy atom. The third-order valence-corrected chi connectivity index (χ3v) is 6.34. The van der Waals surface area contributed by atoms with Gasteiger partial charge in [0.15, 0.2) is 0 Å². The Morgan fingerprint density at radius 1 is 1.03 bits per heavy atom. The maximum Gasteiger partial charge on any atom is 0.416 e. The molecule has 1 aromatic heterocycles. The first-order chi connectivity index (χ1) is 17.7. The van der Waals surface area contributed by atoms with Crippen molar-refractivity contribution < 1.29 is 27.8 Å². The van der Waals surface area contributed by atoms with Crippen molar-refractivity contribution in [2.24, 2.45) is 0 Å². The van der Waals surface area contributed by atoms with E-state index < -0.39 is 29.7 Å². The molecule has 190 valence electrons. The fraction of sp³-hybridized carbons (Fsp3) is 0.233. The number of aryl methyl sites for hydroxylation is 1. The highest BCUT2D eigenvalue weighted by Gasteiger charge is 2.30. The molecule has 1 heterocycles. The van der Waals surface area contributed by atoms with Gasteiger partial charge in [-0.25, -0.2) is 0 Å². The highest BCUT2D eigenvalue weighted by atomic mass is 19.4. The summed E-state index contributed by atoms with van der Waals surface area (Å²) in [5, 5.41) is 10.3. The number of aromatic nitrogens is 1. The number of rotatable bonds is 8. The van der Waals surface area contributed by atoms with Crippen molar-refractivity contribution in [3.05, 3.63) is 101 Å². The van der Waals surface area contributed by atoms with E-state index in [1.165, 1.54) is 12.1 Å². The number of carboxylic acids is 1. The summed E-state index contributed by atoms with van der Waals surface area (Å²) in [7, 11) is 0. The standard InChI is InChI=1S/C30H26F3NO3/c1-3-4-23(18-28(35)36)21-7-12-25(13-8-21)37-27(17-20-5-10-24(11-6-20)30(31,32)33)26-14-9-22-15-16-34-29(22)19(26)2/h5-16,23,27,34H,17-18H2,1-2H3,(H,35,36)/t23?,27-/m0/s1. The van der Waals surface area contributed by atoms with E-state index in [0.29, 0.717) is 17.7 Å². The second-order valence-corrected chi connectivity index (χ2v) is 8.84. The predicted octanol–water partition coefficient (Wildman–Crippen LogP) is 7.44. The SMILES string of the molecule is CC#CC(CC(=O)O)c1ccc(O[C@@H](Cc2ccc(C(F)(F)F)cc2)c2ccc3cc[nH]c3c2C)cc1. The molecule has 4 nitrogen and oxygen atoms in total. The van der Waals surface area contributed by atoms with Gasteiger partial charge in [0.1, 0.15) is 11.9 Å². The highest BCUT2D eigenvalue weighted by Crippen LogP contribution is 2.34. The van der Waals surface area contributed by atoms with Crippen molar-refractivity contribution in [2.45, 2.75) is 44.9 Å². The van der Waals surface area contributed by atoms with E-state index >= 15 is 0 Å². The molecule has 4 rings (SSSR count). The molecule has 37 heavy (non-hydrogen) atoms. The number of hydrogen-bond acceptors (Lipinski definition) is 2. The van der Waals surface area contributed by atoms with Gasteiger partial charge in [0.25, 0.3) is 0 Å². The number of aliphatic carboxylic acids is 1. The fourth-order valence-corrected chi connectivity index (χ4v) is 4.45. The monoisotopic (exact) mass is 505 g/mol. The third-order valence-electron chi connectivity index (χ3n) is 6.34. The Labute approximate surface area is 213 Å². The van der Waals surface area contributed by atoms with Gasteiger partial charge in [0.05, 0.1) is 17.9 Å². The molecule has 0 saturated heterocycles. The van der Waals surface area contributed by atoms with Gasteiger partial charge in [-0.3, -0.25) is 4.79 Å². The molecule has 2 N–H and O–H groups in total.